The molecule has 3 nitrogen and oxygen atoms in total. The molecule has 2 N–H and O–H groups in total. The number of rotatable bonds is 7. The predicted molar refractivity (Wildman–Crippen MR) is 95.7 cm³/mol. The third-order valence-corrected chi connectivity index (χ3v) is 4.64. The molecular weight excluding hydrogens is 306 g/mol. The zero-order valence-corrected chi connectivity index (χ0v) is 14.3. The summed E-state index contributed by atoms with van der Waals surface area (Å²) >= 11 is 1.66. The van der Waals surface area contributed by atoms with Gasteiger partial charge in [0.2, 0.25) is 5.91 Å². The first-order valence-electron chi connectivity index (χ1n) is 7.80. The van der Waals surface area contributed by atoms with Crippen LogP contribution in [0.15, 0.2) is 59.5 Å². The Labute approximate surface area is 142 Å². The van der Waals surface area contributed by atoms with Crippen molar-refractivity contribution >= 4 is 17.7 Å². The zero-order valence-electron chi connectivity index (χ0n) is 13.5. The van der Waals surface area contributed by atoms with E-state index in [2.05, 4.69) is 5.32 Å². The second-order valence-electron chi connectivity index (χ2n) is 5.41. The van der Waals surface area contributed by atoms with Gasteiger partial charge in [-0.15, -0.1) is 11.8 Å². The van der Waals surface area contributed by atoms with E-state index in [9.17, 15) is 9.90 Å². The van der Waals surface area contributed by atoms with Gasteiger partial charge in [0.25, 0.3) is 0 Å². The lowest BCUT2D eigenvalue weighted by molar-refractivity contribution is -0.123. The number of nitrogens with one attached hydrogen (secondary N) is 1. The molecule has 2 rings (SSSR count). The third kappa shape index (κ3) is 4.85. The number of carbonyl (C=O) groups is 1. The fraction of sp³-hybridized carbons (Fsp3) is 0.316. The second kappa shape index (κ2) is 8.75. The average Bonchev–Trinajstić information content (AvgIpc) is 2.61. The van der Waals surface area contributed by atoms with Gasteiger partial charge in [-0.2, -0.15) is 0 Å². The van der Waals surface area contributed by atoms with Gasteiger partial charge in [0, 0.05) is 11.4 Å². The van der Waals surface area contributed by atoms with Gasteiger partial charge in [-0.1, -0.05) is 49.4 Å². The molecule has 0 heterocycles. The number of carbonyl (C=O) groups excluding carboxylic acids is 1. The molecule has 23 heavy (non-hydrogen) atoms. The average molecular weight is 329 g/mol. The molecule has 0 saturated carbocycles. The topological polar surface area (TPSA) is 49.3 Å². The van der Waals surface area contributed by atoms with Crippen LogP contribution in [0.5, 0.6) is 0 Å². The van der Waals surface area contributed by atoms with E-state index >= 15 is 0 Å². The summed E-state index contributed by atoms with van der Waals surface area (Å²) in [6.45, 7) is 2.22. The molecule has 0 spiro atoms. The number of aliphatic hydroxyl groups is 1. The lowest BCUT2D eigenvalue weighted by atomic mass is 9.95. The second-order valence-corrected chi connectivity index (χ2v) is 6.29. The summed E-state index contributed by atoms with van der Waals surface area (Å²) in [6, 6.07) is 17.5. The fourth-order valence-electron chi connectivity index (χ4n) is 2.52. The first-order chi connectivity index (χ1) is 11.2. The Bertz CT molecular complexity index is 613. The molecule has 2 aromatic rings. The predicted octanol–water partition coefficient (Wildman–Crippen LogP) is 3.75. The highest BCUT2D eigenvalue weighted by atomic mass is 32.2. The van der Waals surface area contributed by atoms with Crippen molar-refractivity contribution in [1.82, 2.24) is 5.32 Å². The van der Waals surface area contributed by atoms with E-state index < -0.39 is 6.10 Å². The van der Waals surface area contributed by atoms with Crippen LogP contribution < -0.4 is 5.32 Å². The molecule has 2 aromatic carbocycles. The summed E-state index contributed by atoms with van der Waals surface area (Å²) in [5, 5.41) is 13.1. The van der Waals surface area contributed by atoms with Crippen molar-refractivity contribution in [3.63, 3.8) is 0 Å². The minimum Gasteiger partial charge on any atom is -0.387 e. The van der Waals surface area contributed by atoms with Gasteiger partial charge in [0.15, 0.2) is 0 Å². The number of hydrogen-bond donors (Lipinski definition) is 2. The molecule has 0 aliphatic heterocycles. The molecule has 0 fully saturated rings. The van der Waals surface area contributed by atoms with Crippen molar-refractivity contribution in [3.05, 3.63) is 65.7 Å². The van der Waals surface area contributed by atoms with Gasteiger partial charge in [-0.3, -0.25) is 4.79 Å². The van der Waals surface area contributed by atoms with Gasteiger partial charge in [-0.25, -0.2) is 0 Å². The minimum absolute atomic E-state index is 0.0431. The summed E-state index contributed by atoms with van der Waals surface area (Å²) in [7, 11) is 0. The van der Waals surface area contributed by atoms with Crippen molar-refractivity contribution in [1.29, 1.82) is 0 Å². The number of amides is 1. The van der Waals surface area contributed by atoms with Crippen LogP contribution >= 0.6 is 11.8 Å². The van der Waals surface area contributed by atoms with Gasteiger partial charge in [0.05, 0.1) is 12.0 Å². The Kier molecular flexibility index (Phi) is 6.68. The molecule has 0 aliphatic rings. The Morgan fingerprint density at radius 1 is 1.09 bits per heavy atom. The van der Waals surface area contributed by atoms with Crippen LogP contribution in [0.4, 0.5) is 0 Å². The van der Waals surface area contributed by atoms with Gasteiger partial charge < -0.3 is 10.4 Å². The van der Waals surface area contributed by atoms with E-state index in [1.54, 1.807) is 11.8 Å². The van der Waals surface area contributed by atoms with Gasteiger partial charge in [-0.05, 0) is 35.9 Å². The Morgan fingerprint density at radius 3 is 2.30 bits per heavy atom. The quantitative estimate of drug-likeness (QED) is 0.761. The molecule has 0 bridgehead atoms. The van der Waals surface area contributed by atoms with Gasteiger partial charge in [0.1, 0.15) is 0 Å². The first kappa shape index (κ1) is 17.6. The summed E-state index contributed by atoms with van der Waals surface area (Å²) in [5.74, 6) is -0.222. The summed E-state index contributed by atoms with van der Waals surface area (Å²) < 4.78 is 0. The smallest absolute Gasteiger partial charge is 0.227 e. The molecule has 0 aromatic heterocycles. The number of aliphatic hydroxyl groups excluding tert-OH is 1. The van der Waals surface area contributed by atoms with E-state index in [4.69, 9.17) is 0 Å². The Hall–Kier alpha value is -1.78. The van der Waals surface area contributed by atoms with Crippen LogP contribution in [0.25, 0.3) is 0 Å². The highest BCUT2D eigenvalue weighted by Gasteiger charge is 2.19. The van der Waals surface area contributed by atoms with Crippen molar-refractivity contribution in [2.24, 2.45) is 0 Å². The van der Waals surface area contributed by atoms with E-state index in [1.807, 2.05) is 67.8 Å². The molecular formula is C19H23NO2S. The van der Waals surface area contributed by atoms with Crippen LogP contribution in [-0.4, -0.2) is 23.8 Å². The van der Waals surface area contributed by atoms with Crippen LogP contribution in [0.1, 0.15) is 36.5 Å². The third-order valence-electron chi connectivity index (χ3n) is 3.90. The van der Waals surface area contributed by atoms with E-state index in [-0.39, 0.29) is 18.4 Å². The van der Waals surface area contributed by atoms with E-state index in [0.29, 0.717) is 0 Å². The highest BCUT2D eigenvalue weighted by molar-refractivity contribution is 7.98. The molecule has 122 valence electrons. The van der Waals surface area contributed by atoms with Gasteiger partial charge >= 0.3 is 0 Å². The summed E-state index contributed by atoms with van der Waals surface area (Å²) in [6.07, 6.45) is 2.05. The number of benzene rings is 2. The van der Waals surface area contributed by atoms with E-state index in [1.165, 1.54) is 0 Å². The maximum Gasteiger partial charge on any atom is 0.227 e. The highest BCUT2D eigenvalue weighted by Crippen LogP contribution is 2.21. The fourth-order valence-corrected chi connectivity index (χ4v) is 2.93. The molecule has 0 aliphatic carbocycles. The molecule has 2 unspecified atom stereocenters. The zero-order chi connectivity index (χ0) is 16.7. The van der Waals surface area contributed by atoms with Crippen LogP contribution in [-0.2, 0) is 4.79 Å². The van der Waals surface area contributed by atoms with Crippen molar-refractivity contribution in [2.45, 2.75) is 30.3 Å². The standard InChI is InChI=1S/C19H23NO2S/c1-3-17(14-7-5-4-6-8-14)19(22)20-13-18(21)15-9-11-16(23-2)12-10-15/h4-12,17-18,21H,3,13H2,1-2H3,(H,20,22). The molecule has 0 saturated heterocycles. The number of hydrogen-bond acceptors (Lipinski definition) is 3. The molecule has 0 radical (unpaired) electrons. The lowest BCUT2D eigenvalue weighted by Crippen LogP contribution is -2.32. The number of thioether (sulfide) groups is 1. The molecule has 4 heteroatoms. The molecule has 2 atom stereocenters. The minimum atomic E-state index is -0.692. The van der Waals surface area contributed by atoms with Crippen LogP contribution in [0.2, 0.25) is 0 Å². The maximum absolute atomic E-state index is 12.4. The van der Waals surface area contributed by atoms with Crippen LogP contribution in [0.3, 0.4) is 0 Å². The largest absolute Gasteiger partial charge is 0.387 e. The first-order valence-corrected chi connectivity index (χ1v) is 9.02. The Balaban J connectivity index is 1.94. The lowest BCUT2D eigenvalue weighted by Gasteiger charge is -2.18. The van der Waals surface area contributed by atoms with Crippen molar-refractivity contribution in [3.8, 4) is 0 Å². The SMILES string of the molecule is CCC(C(=O)NCC(O)c1ccc(SC)cc1)c1ccccc1. The van der Waals surface area contributed by atoms with Crippen molar-refractivity contribution < 1.29 is 9.90 Å². The maximum atomic E-state index is 12.4. The normalized spacial score (nSPS) is 13.3. The van der Waals surface area contributed by atoms with Crippen molar-refractivity contribution in [2.75, 3.05) is 12.8 Å². The summed E-state index contributed by atoms with van der Waals surface area (Å²) in [5.41, 5.74) is 1.82. The monoisotopic (exact) mass is 329 g/mol. The molecule has 1 amide bonds. The summed E-state index contributed by atoms with van der Waals surface area (Å²) in [4.78, 5) is 13.5. The Morgan fingerprint density at radius 2 is 1.74 bits per heavy atom. The van der Waals surface area contributed by atoms with Crippen LogP contribution in [0, 0.1) is 0 Å². The van der Waals surface area contributed by atoms with E-state index in [0.717, 1.165) is 22.4 Å².